The number of hydrogen-bond acceptors (Lipinski definition) is 4. The van der Waals surface area contributed by atoms with Gasteiger partial charge >= 0.3 is 6.61 Å². The van der Waals surface area contributed by atoms with Gasteiger partial charge in [0.15, 0.2) is 11.8 Å². The molecular formula is C19H25F3N6O. The molecule has 0 aliphatic carbocycles. The molecule has 1 aliphatic rings. The van der Waals surface area contributed by atoms with Crippen molar-refractivity contribution in [2.24, 2.45) is 4.99 Å². The van der Waals surface area contributed by atoms with Crippen molar-refractivity contribution in [3.63, 3.8) is 0 Å². The molecule has 7 nitrogen and oxygen atoms in total. The summed E-state index contributed by atoms with van der Waals surface area (Å²) in [6.45, 7) is 2.01. The smallest absolute Gasteiger partial charge is 0.387 e. The Bertz CT molecular complexity index is 854. The molecular weight excluding hydrogens is 385 g/mol. The monoisotopic (exact) mass is 410 g/mol. The summed E-state index contributed by atoms with van der Waals surface area (Å²) >= 11 is 0. The molecule has 0 saturated heterocycles. The molecule has 0 amide bonds. The predicted octanol–water partition coefficient (Wildman–Crippen LogP) is 2.65. The first kappa shape index (κ1) is 20.9. The summed E-state index contributed by atoms with van der Waals surface area (Å²) in [6, 6.07) is 3.90. The van der Waals surface area contributed by atoms with E-state index >= 15 is 0 Å². The number of aliphatic imine (C=N–C) groups is 1. The highest BCUT2D eigenvalue weighted by Gasteiger charge is 2.22. The molecule has 1 aromatic carbocycles. The van der Waals surface area contributed by atoms with Crippen LogP contribution < -0.4 is 15.4 Å². The molecule has 1 unspecified atom stereocenters. The number of halogens is 3. The molecule has 0 radical (unpaired) electrons. The Morgan fingerprint density at radius 3 is 2.93 bits per heavy atom. The highest BCUT2D eigenvalue weighted by molar-refractivity contribution is 5.80. The largest absolute Gasteiger partial charge is 0.434 e. The lowest BCUT2D eigenvalue weighted by molar-refractivity contribution is -0.0506. The molecule has 2 heterocycles. The number of guanidine groups is 1. The van der Waals surface area contributed by atoms with E-state index in [0.29, 0.717) is 19.0 Å². The molecule has 0 saturated carbocycles. The number of fused-ring (bicyclic) bond motifs is 1. The Morgan fingerprint density at radius 1 is 1.38 bits per heavy atom. The maximum absolute atomic E-state index is 14.1. The van der Waals surface area contributed by atoms with Gasteiger partial charge < -0.3 is 15.4 Å². The third-order valence-electron chi connectivity index (χ3n) is 4.59. The Kier molecular flexibility index (Phi) is 6.95. The van der Waals surface area contributed by atoms with Crippen molar-refractivity contribution in [1.82, 2.24) is 25.4 Å². The summed E-state index contributed by atoms with van der Waals surface area (Å²) in [5.41, 5.74) is -0.0141. The summed E-state index contributed by atoms with van der Waals surface area (Å²) in [4.78, 5) is 8.87. The number of hydrogen-bond donors (Lipinski definition) is 2. The van der Waals surface area contributed by atoms with Gasteiger partial charge in [-0.3, -0.25) is 0 Å². The lowest BCUT2D eigenvalue weighted by atomic mass is 10.1. The van der Waals surface area contributed by atoms with Crippen molar-refractivity contribution in [1.29, 1.82) is 0 Å². The van der Waals surface area contributed by atoms with E-state index in [9.17, 15) is 13.2 Å². The van der Waals surface area contributed by atoms with Crippen LogP contribution in [-0.4, -0.2) is 39.9 Å². The minimum atomic E-state index is -3.03. The molecule has 158 valence electrons. The standard InChI is InChI=1S/C19H25F3N6O/c1-3-16-26-17-9-8-12(11-28(17)27-16)25-19(23-4-2)24-10-13-14(20)6-5-7-15(13)29-18(21)22/h5-7,12,18H,3-4,8-11H2,1-2H3,(H2,23,24,25). The van der Waals surface area contributed by atoms with Gasteiger partial charge in [-0.05, 0) is 25.5 Å². The van der Waals surface area contributed by atoms with Crippen molar-refractivity contribution in [2.75, 3.05) is 6.54 Å². The number of nitrogens with zero attached hydrogens (tertiary/aromatic N) is 4. The summed E-state index contributed by atoms with van der Waals surface area (Å²) in [5.74, 6) is 1.42. The third kappa shape index (κ3) is 5.39. The number of nitrogens with one attached hydrogen (secondary N) is 2. The van der Waals surface area contributed by atoms with Crippen LogP contribution in [0, 0.1) is 5.82 Å². The van der Waals surface area contributed by atoms with Crippen LogP contribution in [0.15, 0.2) is 23.2 Å². The van der Waals surface area contributed by atoms with E-state index in [-0.39, 0.29) is 23.9 Å². The Balaban J connectivity index is 1.71. The SMILES string of the molecule is CCNC(=NCc1c(F)cccc1OC(F)F)NC1CCc2nc(CC)nn2C1. The highest BCUT2D eigenvalue weighted by atomic mass is 19.3. The number of rotatable bonds is 7. The van der Waals surface area contributed by atoms with Crippen molar-refractivity contribution < 1.29 is 17.9 Å². The minimum Gasteiger partial charge on any atom is -0.434 e. The van der Waals surface area contributed by atoms with Crippen LogP contribution >= 0.6 is 0 Å². The van der Waals surface area contributed by atoms with Crippen LogP contribution in [0.1, 0.15) is 37.5 Å². The van der Waals surface area contributed by atoms with Gasteiger partial charge in [0.2, 0.25) is 0 Å². The highest BCUT2D eigenvalue weighted by Crippen LogP contribution is 2.24. The van der Waals surface area contributed by atoms with E-state index in [2.05, 4.69) is 30.4 Å². The maximum Gasteiger partial charge on any atom is 0.387 e. The fourth-order valence-corrected chi connectivity index (χ4v) is 3.20. The van der Waals surface area contributed by atoms with Gasteiger partial charge in [0.25, 0.3) is 0 Å². The molecule has 29 heavy (non-hydrogen) atoms. The van der Waals surface area contributed by atoms with Crippen molar-refractivity contribution in [3.8, 4) is 5.75 Å². The number of aryl methyl sites for hydroxylation is 2. The van der Waals surface area contributed by atoms with Gasteiger partial charge in [-0.1, -0.05) is 13.0 Å². The Morgan fingerprint density at radius 2 is 2.21 bits per heavy atom. The van der Waals surface area contributed by atoms with Gasteiger partial charge in [-0.15, -0.1) is 0 Å². The molecule has 1 aliphatic heterocycles. The number of alkyl halides is 2. The first-order valence-electron chi connectivity index (χ1n) is 9.69. The summed E-state index contributed by atoms with van der Waals surface area (Å²) in [7, 11) is 0. The van der Waals surface area contributed by atoms with E-state index in [1.54, 1.807) is 0 Å². The molecule has 2 aromatic rings. The fraction of sp³-hybridized carbons (Fsp3) is 0.526. The third-order valence-corrected chi connectivity index (χ3v) is 4.59. The van der Waals surface area contributed by atoms with Crippen LogP contribution in [0.2, 0.25) is 0 Å². The van der Waals surface area contributed by atoms with E-state index in [4.69, 9.17) is 0 Å². The van der Waals surface area contributed by atoms with Crippen LogP contribution in [0.4, 0.5) is 13.2 Å². The maximum atomic E-state index is 14.1. The van der Waals surface area contributed by atoms with Gasteiger partial charge in [0, 0.05) is 25.4 Å². The molecule has 0 spiro atoms. The molecule has 10 heteroatoms. The van der Waals surface area contributed by atoms with E-state index in [0.717, 1.165) is 30.9 Å². The van der Waals surface area contributed by atoms with Gasteiger partial charge in [-0.2, -0.15) is 13.9 Å². The summed E-state index contributed by atoms with van der Waals surface area (Å²) in [6.07, 6.45) is 2.43. The molecule has 1 atom stereocenters. The first-order valence-corrected chi connectivity index (χ1v) is 9.69. The van der Waals surface area contributed by atoms with Gasteiger partial charge in [0.1, 0.15) is 17.4 Å². The van der Waals surface area contributed by atoms with Gasteiger partial charge in [0.05, 0.1) is 18.7 Å². The van der Waals surface area contributed by atoms with E-state index in [1.165, 1.54) is 18.2 Å². The number of ether oxygens (including phenoxy) is 1. The Hall–Kier alpha value is -2.78. The zero-order valence-electron chi connectivity index (χ0n) is 16.5. The van der Waals surface area contributed by atoms with Crippen molar-refractivity contribution in [3.05, 3.63) is 41.2 Å². The fourth-order valence-electron chi connectivity index (χ4n) is 3.20. The minimum absolute atomic E-state index is 0.0141. The van der Waals surface area contributed by atoms with Gasteiger partial charge in [-0.25, -0.2) is 19.0 Å². The second-order valence-electron chi connectivity index (χ2n) is 6.65. The van der Waals surface area contributed by atoms with Crippen LogP contribution in [0.25, 0.3) is 0 Å². The lowest BCUT2D eigenvalue weighted by Gasteiger charge is -2.25. The van der Waals surface area contributed by atoms with Crippen LogP contribution in [0.3, 0.4) is 0 Å². The molecule has 1 aromatic heterocycles. The lowest BCUT2D eigenvalue weighted by Crippen LogP contribution is -2.47. The number of aromatic nitrogens is 3. The van der Waals surface area contributed by atoms with Crippen molar-refractivity contribution in [2.45, 2.75) is 58.9 Å². The number of benzene rings is 1. The molecule has 0 bridgehead atoms. The molecule has 3 rings (SSSR count). The zero-order chi connectivity index (χ0) is 20.8. The second kappa shape index (κ2) is 9.62. The topological polar surface area (TPSA) is 76.4 Å². The quantitative estimate of drug-likeness (QED) is 0.542. The normalized spacial score (nSPS) is 16.6. The van der Waals surface area contributed by atoms with E-state index in [1.807, 2.05) is 18.5 Å². The average molecular weight is 410 g/mol. The second-order valence-corrected chi connectivity index (χ2v) is 6.65. The Labute approximate surface area is 167 Å². The zero-order valence-corrected chi connectivity index (χ0v) is 16.5. The summed E-state index contributed by atoms with van der Waals surface area (Å²) in [5, 5.41) is 10.9. The molecule has 2 N–H and O–H groups in total. The summed E-state index contributed by atoms with van der Waals surface area (Å²) < 4.78 is 45.6. The van der Waals surface area contributed by atoms with E-state index < -0.39 is 12.4 Å². The van der Waals surface area contributed by atoms with Crippen LogP contribution in [0.5, 0.6) is 5.75 Å². The molecule has 0 fully saturated rings. The van der Waals surface area contributed by atoms with Crippen molar-refractivity contribution >= 4 is 5.96 Å². The predicted molar refractivity (Wildman–Crippen MR) is 102 cm³/mol. The average Bonchev–Trinajstić information content (AvgIpc) is 3.09. The van der Waals surface area contributed by atoms with Crippen LogP contribution in [-0.2, 0) is 25.9 Å². The first-order chi connectivity index (χ1) is 14.0.